The summed E-state index contributed by atoms with van der Waals surface area (Å²) in [6.07, 6.45) is 0. The maximum Gasteiger partial charge on any atom is 0.338 e. The first-order chi connectivity index (χ1) is 9.95. The Labute approximate surface area is 127 Å². The van der Waals surface area contributed by atoms with E-state index in [1.165, 1.54) is 6.07 Å². The fourth-order valence-electron chi connectivity index (χ4n) is 2.19. The fraction of sp³-hybridized carbons (Fsp3) is 0.0667. The van der Waals surface area contributed by atoms with Crippen molar-refractivity contribution in [2.75, 3.05) is 0 Å². The summed E-state index contributed by atoms with van der Waals surface area (Å²) in [6.45, 7) is 1.96. The molecule has 0 spiro atoms. The minimum absolute atomic E-state index is 0.157. The molecule has 0 radical (unpaired) electrons. The first-order valence-electron chi connectivity index (χ1n) is 6.15. The Kier molecular flexibility index (Phi) is 3.25. The Hall–Kier alpha value is -2.21. The maximum absolute atomic E-state index is 13.5. The third kappa shape index (κ3) is 2.42. The van der Waals surface area contributed by atoms with E-state index in [2.05, 4.69) is 25.9 Å². The molecular formula is C15H10BrFN2O2. The van der Waals surface area contributed by atoms with Crippen LogP contribution in [0.2, 0.25) is 0 Å². The minimum atomic E-state index is -1.21. The number of hydrogen-bond donors (Lipinski definition) is 2. The van der Waals surface area contributed by atoms with Crippen LogP contribution in [0.5, 0.6) is 0 Å². The van der Waals surface area contributed by atoms with Gasteiger partial charge in [-0.1, -0.05) is 22.0 Å². The number of nitrogens with zero attached hydrogens (tertiary/aromatic N) is 1. The predicted octanol–water partition coefficient (Wildman–Crippen LogP) is 4.14. The lowest BCUT2D eigenvalue weighted by atomic mass is 10.1. The molecule has 2 N–H and O–H groups in total. The van der Waals surface area contributed by atoms with Gasteiger partial charge in [-0.05, 0) is 36.8 Å². The Morgan fingerprint density at radius 3 is 2.76 bits per heavy atom. The summed E-state index contributed by atoms with van der Waals surface area (Å²) in [5.74, 6) is -1.33. The molecule has 0 aliphatic rings. The second-order valence-electron chi connectivity index (χ2n) is 4.72. The van der Waals surface area contributed by atoms with Crippen molar-refractivity contribution in [2.24, 2.45) is 0 Å². The lowest BCUT2D eigenvalue weighted by Gasteiger charge is -2.01. The number of nitrogens with one attached hydrogen (secondary N) is 1. The van der Waals surface area contributed by atoms with Gasteiger partial charge in [0.05, 0.1) is 11.1 Å². The van der Waals surface area contributed by atoms with Crippen molar-refractivity contribution < 1.29 is 14.3 Å². The molecule has 1 aromatic heterocycles. The number of H-pyrrole nitrogens is 1. The molecule has 106 valence electrons. The number of carboxylic acids is 1. The van der Waals surface area contributed by atoms with Crippen LogP contribution >= 0.6 is 15.9 Å². The number of rotatable bonds is 2. The summed E-state index contributed by atoms with van der Waals surface area (Å²) in [5.41, 5.74) is 2.31. The quantitative estimate of drug-likeness (QED) is 0.731. The van der Waals surface area contributed by atoms with Crippen molar-refractivity contribution in [1.29, 1.82) is 0 Å². The second-order valence-corrected chi connectivity index (χ2v) is 5.58. The number of aromatic amines is 1. The summed E-state index contributed by atoms with van der Waals surface area (Å²) < 4.78 is 14.3. The molecule has 21 heavy (non-hydrogen) atoms. The monoisotopic (exact) mass is 348 g/mol. The molecule has 0 amide bonds. The van der Waals surface area contributed by atoms with E-state index in [1.54, 1.807) is 0 Å². The van der Waals surface area contributed by atoms with Gasteiger partial charge in [0.2, 0.25) is 0 Å². The SMILES string of the molecule is Cc1ccc(-c2nc3c(C(=O)O)cc(F)cc3[nH]2)c(Br)c1. The van der Waals surface area contributed by atoms with Crippen LogP contribution in [0.15, 0.2) is 34.8 Å². The van der Waals surface area contributed by atoms with Crippen molar-refractivity contribution in [3.05, 3.63) is 51.7 Å². The molecule has 0 aliphatic heterocycles. The van der Waals surface area contributed by atoms with Crippen LogP contribution in [-0.2, 0) is 0 Å². The van der Waals surface area contributed by atoms with Crippen molar-refractivity contribution in [1.82, 2.24) is 9.97 Å². The largest absolute Gasteiger partial charge is 0.478 e. The molecule has 6 heteroatoms. The number of benzene rings is 2. The normalized spacial score (nSPS) is 11.0. The molecule has 0 atom stereocenters. The number of fused-ring (bicyclic) bond motifs is 1. The minimum Gasteiger partial charge on any atom is -0.478 e. The van der Waals surface area contributed by atoms with Crippen LogP contribution in [0.25, 0.3) is 22.4 Å². The summed E-state index contributed by atoms with van der Waals surface area (Å²) in [6, 6.07) is 7.93. The van der Waals surface area contributed by atoms with Gasteiger partial charge in [0.15, 0.2) is 0 Å². The average molecular weight is 349 g/mol. The number of aromatic nitrogens is 2. The molecule has 0 saturated carbocycles. The zero-order chi connectivity index (χ0) is 15.1. The molecule has 3 rings (SSSR count). The summed E-state index contributed by atoms with van der Waals surface area (Å²) in [7, 11) is 0. The van der Waals surface area contributed by atoms with Gasteiger partial charge in [0.1, 0.15) is 17.2 Å². The third-order valence-electron chi connectivity index (χ3n) is 3.16. The number of hydrogen-bond acceptors (Lipinski definition) is 2. The number of halogens is 2. The summed E-state index contributed by atoms with van der Waals surface area (Å²) in [4.78, 5) is 18.5. The van der Waals surface area contributed by atoms with E-state index < -0.39 is 11.8 Å². The van der Waals surface area contributed by atoms with E-state index in [1.807, 2.05) is 25.1 Å². The molecule has 2 aromatic carbocycles. The van der Waals surface area contributed by atoms with Crippen LogP contribution in [-0.4, -0.2) is 21.0 Å². The molecule has 1 heterocycles. The highest BCUT2D eigenvalue weighted by Gasteiger charge is 2.16. The zero-order valence-electron chi connectivity index (χ0n) is 10.9. The highest BCUT2D eigenvalue weighted by atomic mass is 79.9. The van der Waals surface area contributed by atoms with E-state index in [9.17, 15) is 9.18 Å². The van der Waals surface area contributed by atoms with Crippen molar-refractivity contribution >= 4 is 32.9 Å². The second kappa shape index (κ2) is 4.96. The number of carbonyl (C=O) groups is 1. The van der Waals surface area contributed by atoms with Crippen LogP contribution in [0.1, 0.15) is 15.9 Å². The average Bonchev–Trinajstić information content (AvgIpc) is 2.80. The van der Waals surface area contributed by atoms with Gasteiger partial charge < -0.3 is 10.1 Å². The Morgan fingerprint density at radius 1 is 1.33 bits per heavy atom. The van der Waals surface area contributed by atoms with Gasteiger partial charge in [0, 0.05) is 10.0 Å². The van der Waals surface area contributed by atoms with E-state index in [0.29, 0.717) is 11.3 Å². The summed E-state index contributed by atoms with van der Waals surface area (Å²) in [5, 5.41) is 9.15. The highest BCUT2D eigenvalue weighted by molar-refractivity contribution is 9.10. The van der Waals surface area contributed by atoms with Crippen molar-refractivity contribution in [3.63, 3.8) is 0 Å². The smallest absolute Gasteiger partial charge is 0.338 e. The fourth-order valence-corrected chi connectivity index (χ4v) is 2.87. The lowest BCUT2D eigenvalue weighted by Crippen LogP contribution is -1.98. The van der Waals surface area contributed by atoms with Crippen LogP contribution in [0.4, 0.5) is 4.39 Å². The summed E-state index contributed by atoms with van der Waals surface area (Å²) >= 11 is 3.45. The van der Waals surface area contributed by atoms with Gasteiger partial charge in [-0.2, -0.15) is 0 Å². The Morgan fingerprint density at radius 2 is 2.10 bits per heavy atom. The van der Waals surface area contributed by atoms with Crippen LogP contribution in [0, 0.1) is 12.7 Å². The molecule has 0 saturated heterocycles. The number of aryl methyl sites for hydroxylation is 1. The molecule has 0 aliphatic carbocycles. The molecule has 0 bridgehead atoms. The van der Waals surface area contributed by atoms with E-state index >= 15 is 0 Å². The predicted molar refractivity (Wildman–Crippen MR) is 80.9 cm³/mol. The molecule has 0 fully saturated rings. The molecule has 0 unspecified atom stereocenters. The van der Waals surface area contributed by atoms with Crippen LogP contribution < -0.4 is 0 Å². The maximum atomic E-state index is 13.5. The molecule has 4 nitrogen and oxygen atoms in total. The van der Waals surface area contributed by atoms with Gasteiger partial charge in [-0.3, -0.25) is 0 Å². The Balaban J connectivity index is 2.26. The number of carboxylic acid groups (broad SMARTS) is 1. The highest BCUT2D eigenvalue weighted by Crippen LogP contribution is 2.30. The first kappa shape index (κ1) is 13.8. The Bertz CT molecular complexity index is 873. The van der Waals surface area contributed by atoms with Gasteiger partial charge in [0.25, 0.3) is 0 Å². The lowest BCUT2D eigenvalue weighted by molar-refractivity contribution is 0.0698. The van der Waals surface area contributed by atoms with Gasteiger partial charge >= 0.3 is 5.97 Å². The van der Waals surface area contributed by atoms with Crippen molar-refractivity contribution in [3.8, 4) is 11.4 Å². The van der Waals surface area contributed by atoms with Gasteiger partial charge in [-0.25, -0.2) is 14.2 Å². The number of imidazole rings is 1. The van der Waals surface area contributed by atoms with E-state index in [0.717, 1.165) is 21.7 Å². The third-order valence-corrected chi connectivity index (χ3v) is 3.82. The number of aromatic carboxylic acids is 1. The van der Waals surface area contributed by atoms with Crippen molar-refractivity contribution in [2.45, 2.75) is 6.92 Å². The van der Waals surface area contributed by atoms with Crippen LogP contribution in [0.3, 0.4) is 0 Å². The van der Waals surface area contributed by atoms with Gasteiger partial charge in [-0.15, -0.1) is 0 Å². The molecular weight excluding hydrogens is 339 g/mol. The standard InChI is InChI=1S/C15H10BrFN2O2/c1-7-2-3-9(11(16)4-7)14-18-12-6-8(17)5-10(15(20)21)13(12)19-14/h2-6H,1H3,(H,18,19)(H,20,21). The van der Waals surface area contributed by atoms with E-state index in [4.69, 9.17) is 5.11 Å². The van der Waals surface area contributed by atoms with E-state index in [-0.39, 0.29) is 11.1 Å². The first-order valence-corrected chi connectivity index (χ1v) is 6.94. The topological polar surface area (TPSA) is 66.0 Å². The molecule has 3 aromatic rings. The zero-order valence-corrected chi connectivity index (χ0v) is 12.5.